The molecule has 9 nitrogen and oxygen atoms in total. The van der Waals surface area contributed by atoms with E-state index in [-0.39, 0.29) is 13.0 Å². The van der Waals surface area contributed by atoms with Gasteiger partial charge in [0.1, 0.15) is 12.8 Å². The summed E-state index contributed by atoms with van der Waals surface area (Å²) in [6, 6.07) is 6.50. The van der Waals surface area contributed by atoms with Crippen LogP contribution in [0, 0.1) is 17.8 Å². The van der Waals surface area contributed by atoms with Crippen LogP contribution in [0.5, 0.6) is 0 Å². The third-order valence-corrected chi connectivity index (χ3v) is 6.42. The van der Waals surface area contributed by atoms with Gasteiger partial charge in [-0.3, -0.25) is 9.69 Å². The molecular formula is C21H18FNO8. The van der Waals surface area contributed by atoms with Gasteiger partial charge in [-0.1, -0.05) is 30.9 Å². The van der Waals surface area contributed by atoms with E-state index in [4.69, 9.17) is 18.9 Å². The summed E-state index contributed by atoms with van der Waals surface area (Å²) in [6.07, 6.45) is -2.61. The smallest absolute Gasteiger partial charge is 0.413 e. The third-order valence-electron chi connectivity index (χ3n) is 6.42. The molecule has 0 radical (unpaired) electrons. The van der Waals surface area contributed by atoms with Crippen LogP contribution in [-0.4, -0.2) is 53.9 Å². The van der Waals surface area contributed by atoms with E-state index >= 15 is 4.39 Å². The molecule has 2 aliphatic carbocycles. The van der Waals surface area contributed by atoms with Crippen molar-refractivity contribution in [2.45, 2.75) is 24.4 Å². The van der Waals surface area contributed by atoms with Crippen LogP contribution in [0.15, 0.2) is 36.9 Å². The molecule has 5 rings (SSSR count). The molecule has 1 spiro atoms. The lowest BCUT2D eigenvalue weighted by Crippen LogP contribution is -2.58. The number of hydrogen-bond donors (Lipinski definition) is 0. The van der Waals surface area contributed by atoms with E-state index in [0.717, 1.165) is 4.90 Å². The van der Waals surface area contributed by atoms with E-state index in [1.165, 1.54) is 6.08 Å². The number of alkyl halides is 1. The van der Waals surface area contributed by atoms with Crippen LogP contribution in [0.3, 0.4) is 0 Å². The molecule has 1 amide bonds. The Hall–Kier alpha value is -3.43. The number of nitrogens with zero attached hydrogens (tertiary/aromatic N) is 1. The summed E-state index contributed by atoms with van der Waals surface area (Å²) in [7, 11) is 0. The second-order valence-corrected chi connectivity index (χ2v) is 7.86. The average molecular weight is 431 g/mol. The van der Waals surface area contributed by atoms with Gasteiger partial charge in [0.05, 0.1) is 11.5 Å². The molecule has 31 heavy (non-hydrogen) atoms. The molecular weight excluding hydrogens is 413 g/mol. The fourth-order valence-electron chi connectivity index (χ4n) is 5.08. The molecule has 3 fully saturated rings. The molecule has 0 bridgehead atoms. The van der Waals surface area contributed by atoms with Gasteiger partial charge >= 0.3 is 24.0 Å². The van der Waals surface area contributed by atoms with Crippen LogP contribution in [-0.2, 0) is 28.5 Å². The Bertz CT molecular complexity index is 1010. The summed E-state index contributed by atoms with van der Waals surface area (Å²) in [5, 5.41) is 0. The lowest BCUT2D eigenvalue weighted by molar-refractivity contribution is -0.171. The minimum Gasteiger partial charge on any atom is -0.445 e. The van der Waals surface area contributed by atoms with Crippen molar-refractivity contribution in [3.8, 4) is 0 Å². The van der Waals surface area contributed by atoms with Gasteiger partial charge in [0, 0.05) is 11.5 Å². The van der Waals surface area contributed by atoms with Crippen molar-refractivity contribution in [2.24, 2.45) is 17.8 Å². The Balaban J connectivity index is 1.36. The number of benzene rings is 1. The first-order chi connectivity index (χ1) is 14.9. The molecule has 0 aromatic heterocycles. The molecule has 1 aromatic rings. The third kappa shape index (κ3) is 2.60. The Morgan fingerprint density at radius 3 is 2.87 bits per heavy atom. The van der Waals surface area contributed by atoms with Crippen LogP contribution in [0.1, 0.15) is 28.6 Å². The minimum absolute atomic E-state index is 0.105. The molecule has 6 atom stereocenters. The molecule has 4 aliphatic rings. The summed E-state index contributed by atoms with van der Waals surface area (Å²) < 4.78 is 35.5. The maximum absolute atomic E-state index is 15.0. The number of carbonyl (C=O) groups excluding carboxylic acids is 4. The van der Waals surface area contributed by atoms with Crippen molar-refractivity contribution in [2.75, 3.05) is 13.3 Å². The lowest BCUT2D eigenvalue weighted by Gasteiger charge is -2.33. The Morgan fingerprint density at radius 2 is 2.10 bits per heavy atom. The molecule has 1 aromatic carbocycles. The molecule has 10 heteroatoms. The van der Waals surface area contributed by atoms with E-state index in [1.807, 2.05) is 0 Å². The quantitative estimate of drug-likeness (QED) is 0.404. The molecule has 1 saturated heterocycles. The van der Waals surface area contributed by atoms with Crippen molar-refractivity contribution in [3.63, 3.8) is 0 Å². The first-order valence-corrected chi connectivity index (χ1v) is 9.78. The first-order valence-electron chi connectivity index (χ1n) is 9.78. The molecule has 2 saturated carbocycles. The van der Waals surface area contributed by atoms with Crippen molar-refractivity contribution >= 4 is 24.0 Å². The Kier molecular flexibility index (Phi) is 4.28. The fraction of sp³-hybridized carbons (Fsp3) is 0.429. The van der Waals surface area contributed by atoms with Crippen LogP contribution >= 0.6 is 0 Å². The highest BCUT2D eigenvalue weighted by Gasteiger charge is 2.81. The SMILES string of the molecule is C=CCOC(=O)N1COC(=O)[C@]12[C@H]1[C@@H](C[C@@H]2F)[C@@H]1C(=O)OC1OC(=O)c2ccccc21. The molecule has 2 heterocycles. The van der Waals surface area contributed by atoms with Crippen molar-refractivity contribution < 1.29 is 42.5 Å². The second kappa shape index (κ2) is 6.79. The van der Waals surface area contributed by atoms with Gasteiger partial charge in [-0.2, -0.15) is 0 Å². The predicted octanol–water partition coefficient (Wildman–Crippen LogP) is 1.88. The van der Waals surface area contributed by atoms with Crippen molar-refractivity contribution in [1.82, 2.24) is 4.90 Å². The number of carbonyl (C=O) groups is 4. The monoisotopic (exact) mass is 431 g/mol. The molecule has 2 aliphatic heterocycles. The number of ether oxygens (including phenoxy) is 4. The van der Waals surface area contributed by atoms with Gasteiger partial charge in [-0.25, -0.2) is 18.8 Å². The lowest BCUT2D eigenvalue weighted by atomic mass is 9.88. The maximum atomic E-state index is 15.0. The molecule has 162 valence electrons. The largest absolute Gasteiger partial charge is 0.445 e. The summed E-state index contributed by atoms with van der Waals surface area (Å²) in [6.45, 7) is 2.85. The van der Waals surface area contributed by atoms with Crippen LogP contribution in [0.2, 0.25) is 0 Å². The fourth-order valence-corrected chi connectivity index (χ4v) is 5.08. The summed E-state index contributed by atoms with van der Waals surface area (Å²) >= 11 is 0. The van der Waals surface area contributed by atoms with Gasteiger partial charge in [-0.05, 0) is 18.4 Å². The highest BCUT2D eigenvalue weighted by atomic mass is 19.1. The van der Waals surface area contributed by atoms with Crippen molar-refractivity contribution in [3.05, 3.63) is 48.0 Å². The number of hydrogen-bond acceptors (Lipinski definition) is 8. The molecule has 1 unspecified atom stereocenters. The van der Waals surface area contributed by atoms with Gasteiger partial charge in [0.15, 0.2) is 12.3 Å². The van der Waals surface area contributed by atoms with Gasteiger partial charge in [0.25, 0.3) is 6.29 Å². The van der Waals surface area contributed by atoms with Gasteiger partial charge < -0.3 is 18.9 Å². The summed E-state index contributed by atoms with van der Waals surface area (Å²) in [5.74, 6) is -4.39. The normalized spacial score (nSPS) is 34.6. The van der Waals surface area contributed by atoms with Gasteiger partial charge in [0.2, 0.25) is 0 Å². The first kappa shape index (κ1) is 19.5. The number of cyclic esters (lactones) is 2. The van der Waals surface area contributed by atoms with E-state index in [1.54, 1.807) is 24.3 Å². The summed E-state index contributed by atoms with van der Waals surface area (Å²) in [4.78, 5) is 50.7. The zero-order chi connectivity index (χ0) is 21.9. The minimum atomic E-state index is -1.93. The average Bonchev–Trinajstić information content (AvgIpc) is 3.05. The number of esters is 3. The van der Waals surface area contributed by atoms with Crippen LogP contribution in [0.25, 0.3) is 0 Å². The van der Waals surface area contributed by atoms with Crippen LogP contribution in [0.4, 0.5) is 9.18 Å². The number of amides is 1. The zero-order valence-corrected chi connectivity index (χ0v) is 16.2. The van der Waals surface area contributed by atoms with Crippen LogP contribution < -0.4 is 0 Å². The zero-order valence-electron chi connectivity index (χ0n) is 16.2. The van der Waals surface area contributed by atoms with E-state index < -0.39 is 66.5 Å². The van der Waals surface area contributed by atoms with E-state index in [2.05, 4.69) is 6.58 Å². The Labute approximate surface area is 175 Å². The van der Waals surface area contributed by atoms with Gasteiger partial charge in [-0.15, -0.1) is 0 Å². The highest BCUT2D eigenvalue weighted by Crippen LogP contribution is 2.67. The number of rotatable bonds is 4. The van der Waals surface area contributed by atoms with E-state index in [9.17, 15) is 19.2 Å². The van der Waals surface area contributed by atoms with E-state index in [0.29, 0.717) is 11.1 Å². The number of halogens is 1. The standard InChI is InChI=1S/C21H18FNO8/c1-2-7-28-20(27)23-9-29-19(26)21(23)13(22)8-12-14(15(12)21)17(25)31-18-11-6-4-3-5-10(11)16(24)30-18/h2-6,12-15,18H,1,7-9H2/t12-,13-,14-,15-,18?,21-/m0/s1. The highest BCUT2D eigenvalue weighted by molar-refractivity contribution is 5.95. The number of fused-ring (bicyclic) bond motifs is 3. The summed E-state index contributed by atoms with van der Waals surface area (Å²) in [5.41, 5.74) is -1.22. The predicted molar refractivity (Wildman–Crippen MR) is 97.7 cm³/mol. The molecule has 0 N–H and O–H groups in total. The Morgan fingerprint density at radius 1 is 1.32 bits per heavy atom. The second-order valence-electron chi connectivity index (χ2n) is 7.86. The van der Waals surface area contributed by atoms with Crippen molar-refractivity contribution in [1.29, 1.82) is 0 Å². The maximum Gasteiger partial charge on any atom is 0.413 e. The topological polar surface area (TPSA) is 108 Å².